The molecule has 0 radical (unpaired) electrons. The molecule has 1 aliphatic heterocycles. The second-order valence-electron chi connectivity index (χ2n) is 8.48. The van der Waals surface area contributed by atoms with Gasteiger partial charge < -0.3 is 10.6 Å². The van der Waals surface area contributed by atoms with Crippen molar-refractivity contribution in [2.45, 2.75) is 27.2 Å². The van der Waals surface area contributed by atoms with Gasteiger partial charge in [-0.3, -0.25) is 24.1 Å². The maximum atomic E-state index is 13.0. The lowest BCUT2D eigenvalue weighted by Crippen LogP contribution is -2.31. The summed E-state index contributed by atoms with van der Waals surface area (Å²) >= 11 is 0. The number of nitrogens with one attached hydrogen (secondary N) is 2. The molecule has 4 amide bonds. The number of imide groups is 1. The average Bonchev–Trinajstić information content (AvgIpc) is 2.99. The number of fused-ring (bicyclic) bond motifs is 1. The number of rotatable bonds is 4. The molecule has 0 aromatic heterocycles. The van der Waals surface area contributed by atoms with Crippen molar-refractivity contribution in [3.8, 4) is 0 Å². The van der Waals surface area contributed by atoms with Crippen LogP contribution in [0.3, 0.4) is 0 Å². The van der Waals surface area contributed by atoms with Crippen LogP contribution in [0.15, 0.2) is 60.2 Å². The number of carbonyl (C=O) groups is 4. The first-order valence-corrected chi connectivity index (χ1v) is 10.6. The van der Waals surface area contributed by atoms with Gasteiger partial charge in [-0.1, -0.05) is 18.6 Å². The van der Waals surface area contributed by atoms with Crippen molar-refractivity contribution in [3.63, 3.8) is 0 Å². The van der Waals surface area contributed by atoms with Crippen molar-refractivity contribution in [2.24, 2.45) is 17.8 Å². The second kappa shape index (κ2) is 8.42. The van der Waals surface area contributed by atoms with Gasteiger partial charge >= 0.3 is 0 Å². The van der Waals surface area contributed by atoms with Crippen molar-refractivity contribution in [2.75, 3.05) is 15.5 Å². The lowest BCUT2D eigenvalue weighted by molar-refractivity contribution is -0.122. The quantitative estimate of drug-likeness (QED) is 0.565. The number of anilines is 3. The van der Waals surface area contributed by atoms with Gasteiger partial charge in [0.1, 0.15) is 0 Å². The number of amides is 4. The molecule has 1 heterocycles. The van der Waals surface area contributed by atoms with Crippen LogP contribution in [0.2, 0.25) is 0 Å². The van der Waals surface area contributed by atoms with Gasteiger partial charge in [0.2, 0.25) is 17.7 Å². The van der Waals surface area contributed by atoms with E-state index in [9.17, 15) is 19.2 Å². The average molecular weight is 431 g/mol. The number of nitrogens with zero attached hydrogens (tertiary/aromatic N) is 1. The predicted octanol–water partition coefficient (Wildman–Crippen LogP) is 3.99. The summed E-state index contributed by atoms with van der Waals surface area (Å²) in [5, 5.41) is 5.46. The molecule has 164 valence electrons. The van der Waals surface area contributed by atoms with Crippen LogP contribution in [0.1, 0.15) is 37.6 Å². The number of carbonyl (C=O) groups excluding carboxylic acids is 4. The Morgan fingerprint density at radius 1 is 0.906 bits per heavy atom. The van der Waals surface area contributed by atoms with Crippen molar-refractivity contribution < 1.29 is 19.2 Å². The molecule has 1 saturated heterocycles. The standard InChI is InChI=1S/C25H25N3O4/c1-14-12-15(2)22-21(13-14)24(31)28(25(22)32)20-10-4-17(5-11-20)23(30)27-19-8-6-18(7-9-19)26-16(3)29/h4-12,15,21-22H,13H2,1-3H3,(H,26,29)(H,27,30)/t15-,21+,22+/m0/s1. The van der Waals surface area contributed by atoms with E-state index in [1.165, 1.54) is 11.8 Å². The largest absolute Gasteiger partial charge is 0.326 e. The molecule has 0 spiro atoms. The molecule has 2 aromatic carbocycles. The SMILES string of the molecule is CC(=O)Nc1ccc(NC(=O)c2ccc(N3C(=O)[C@@H]4[C@@H](C)C=C(C)C[C@H]4C3=O)cc2)cc1. The topological polar surface area (TPSA) is 95.6 Å². The van der Waals surface area contributed by atoms with E-state index in [2.05, 4.69) is 16.7 Å². The first-order valence-electron chi connectivity index (χ1n) is 10.6. The summed E-state index contributed by atoms with van der Waals surface area (Å²) in [7, 11) is 0. The molecule has 2 aliphatic rings. The van der Waals surface area contributed by atoms with E-state index < -0.39 is 0 Å². The van der Waals surface area contributed by atoms with Crippen LogP contribution in [-0.2, 0) is 14.4 Å². The molecule has 1 aliphatic carbocycles. The summed E-state index contributed by atoms with van der Waals surface area (Å²) in [4.78, 5) is 50.9. The maximum absolute atomic E-state index is 13.0. The van der Waals surface area contributed by atoms with E-state index in [4.69, 9.17) is 0 Å². The molecule has 32 heavy (non-hydrogen) atoms. The second-order valence-corrected chi connectivity index (χ2v) is 8.48. The third-order valence-corrected chi connectivity index (χ3v) is 5.98. The van der Waals surface area contributed by atoms with Gasteiger partial charge in [-0.2, -0.15) is 0 Å². The summed E-state index contributed by atoms with van der Waals surface area (Å²) in [6.45, 7) is 5.40. The fraction of sp³-hybridized carbons (Fsp3) is 0.280. The minimum absolute atomic E-state index is 0.0253. The molecule has 0 unspecified atom stereocenters. The fourth-order valence-corrected chi connectivity index (χ4v) is 4.58. The molecular formula is C25H25N3O4. The summed E-state index contributed by atoms with van der Waals surface area (Å²) in [5.74, 6) is -1.44. The summed E-state index contributed by atoms with van der Waals surface area (Å²) in [5.41, 5.74) is 3.25. The maximum Gasteiger partial charge on any atom is 0.255 e. The van der Waals surface area contributed by atoms with E-state index in [1.807, 2.05) is 13.8 Å². The third-order valence-electron chi connectivity index (χ3n) is 5.98. The Bertz CT molecular complexity index is 1120. The van der Waals surface area contributed by atoms with Crippen molar-refractivity contribution >= 4 is 40.7 Å². The van der Waals surface area contributed by atoms with E-state index in [0.29, 0.717) is 29.0 Å². The Balaban J connectivity index is 1.46. The highest BCUT2D eigenvalue weighted by atomic mass is 16.2. The zero-order chi connectivity index (χ0) is 23.0. The first-order chi connectivity index (χ1) is 15.2. The van der Waals surface area contributed by atoms with Crippen molar-refractivity contribution in [1.29, 1.82) is 0 Å². The van der Waals surface area contributed by atoms with Gasteiger partial charge in [0.25, 0.3) is 5.91 Å². The third kappa shape index (κ3) is 4.06. The summed E-state index contributed by atoms with van der Waals surface area (Å²) in [6.07, 6.45) is 2.68. The van der Waals surface area contributed by atoms with Crippen LogP contribution < -0.4 is 15.5 Å². The van der Waals surface area contributed by atoms with Crippen LogP contribution >= 0.6 is 0 Å². The van der Waals surface area contributed by atoms with Gasteiger partial charge in [-0.25, -0.2) is 0 Å². The first kappa shape index (κ1) is 21.5. The number of benzene rings is 2. The van der Waals surface area contributed by atoms with Gasteiger partial charge in [0, 0.05) is 23.9 Å². The van der Waals surface area contributed by atoms with Gasteiger partial charge in [0.15, 0.2) is 0 Å². The Morgan fingerprint density at radius 3 is 2.09 bits per heavy atom. The number of hydrogen-bond donors (Lipinski definition) is 2. The molecule has 4 rings (SSSR count). The van der Waals surface area contributed by atoms with Crippen LogP contribution in [0.25, 0.3) is 0 Å². The molecular weight excluding hydrogens is 406 g/mol. The van der Waals surface area contributed by atoms with Crippen molar-refractivity contribution in [3.05, 3.63) is 65.7 Å². The van der Waals surface area contributed by atoms with E-state index in [1.54, 1.807) is 48.5 Å². The lowest BCUT2D eigenvalue weighted by atomic mass is 9.76. The molecule has 7 heteroatoms. The molecule has 0 bridgehead atoms. The summed E-state index contributed by atoms with van der Waals surface area (Å²) in [6, 6.07) is 13.2. The molecule has 3 atom stereocenters. The highest BCUT2D eigenvalue weighted by molar-refractivity contribution is 6.22. The highest BCUT2D eigenvalue weighted by Crippen LogP contribution is 2.42. The minimum Gasteiger partial charge on any atom is -0.326 e. The Labute approximate surface area is 186 Å². The van der Waals surface area contributed by atoms with Gasteiger partial charge in [-0.15, -0.1) is 0 Å². The zero-order valence-electron chi connectivity index (χ0n) is 18.2. The van der Waals surface area contributed by atoms with Gasteiger partial charge in [0.05, 0.1) is 17.5 Å². The highest BCUT2D eigenvalue weighted by Gasteiger charge is 2.51. The lowest BCUT2D eigenvalue weighted by Gasteiger charge is -2.25. The molecule has 2 N–H and O–H groups in total. The van der Waals surface area contributed by atoms with Gasteiger partial charge in [-0.05, 0) is 67.8 Å². The molecule has 7 nitrogen and oxygen atoms in total. The zero-order valence-corrected chi connectivity index (χ0v) is 18.2. The fourth-order valence-electron chi connectivity index (χ4n) is 4.58. The van der Waals surface area contributed by atoms with Crippen LogP contribution in [0.4, 0.5) is 17.1 Å². The Kier molecular flexibility index (Phi) is 5.65. The number of allylic oxidation sites excluding steroid dienone is 2. The predicted molar refractivity (Wildman–Crippen MR) is 122 cm³/mol. The number of hydrogen-bond acceptors (Lipinski definition) is 4. The normalized spacial score (nSPS) is 22.3. The monoisotopic (exact) mass is 431 g/mol. The molecule has 2 aromatic rings. The smallest absolute Gasteiger partial charge is 0.255 e. The van der Waals surface area contributed by atoms with Crippen LogP contribution in [-0.4, -0.2) is 23.6 Å². The Hall–Kier alpha value is -3.74. The van der Waals surface area contributed by atoms with E-state index >= 15 is 0 Å². The van der Waals surface area contributed by atoms with Crippen LogP contribution in [0.5, 0.6) is 0 Å². The summed E-state index contributed by atoms with van der Waals surface area (Å²) < 4.78 is 0. The molecule has 1 fully saturated rings. The van der Waals surface area contributed by atoms with Crippen LogP contribution in [0, 0.1) is 17.8 Å². The van der Waals surface area contributed by atoms with Crippen molar-refractivity contribution in [1.82, 2.24) is 0 Å². The molecule has 0 saturated carbocycles. The Morgan fingerprint density at radius 2 is 1.50 bits per heavy atom. The van der Waals surface area contributed by atoms with E-state index in [-0.39, 0.29) is 41.4 Å². The minimum atomic E-state index is -0.324. The van der Waals surface area contributed by atoms with E-state index in [0.717, 1.165) is 5.57 Å².